The number of para-hydroxylation sites is 1. The summed E-state index contributed by atoms with van der Waals surface area (Å²) in [4.78, 5) is 15.1. The van der Waals surface area contributed by atoms with Gasteiger partial charge in [-0.1, -0.05) is 50.2 Å². The first-order valence-electron chi connectivity index (χ1n) is 12.2. The summed E-state index contributed by atoms with van der Waals surface area (Å²) in [7, 11) is 1.69. The molecule has 1 aliphatic heterocycles. The number of methoxy groups -OCH3 is 1. The quantitative estimate of drug-likeness (QED) is 0.365. The van der Waals surface area contributed by atoms with Crippen molar-refractivity contribution in [3.63, 3.8) is 0 Å². The first-order chi connectivity index (χ1) is 16.9. The Morgan fingerprint density at radius 1 is 1.14 bits per heavy atom. The summed E-state index contributed by atoms with van der Waals surface area (Å²) in [6.07, 6.45) is 3.93. The minimum Gasteiger partial charge on any atom is -0.496 e. The molecule has 4 rings (SSSR count). The first kappa shape index (κ1) is 25.0. The third kappa shape index (κ3) is 5.59. The third-order valence-corrected chi connectivity index (χ3v) is 7.12. The number of amides is 1. The number of rotatable bonds is 9. The van der Waals surface area contributed by atoms with Crippen molar-refractivity contribution in [3.05, 3.63) is 89.6 Å². The van der Waals surface area contributed by atoms with Gasteiger partial charge in [-0.3, -0.25) is 4.79 Å². The number of ether oxygens (including phenoxy) is 2. The second-order valence-electron chi connectivity index (χ2n) is 9.63. The maximum absolute atomic E-state index is 14.5. The Morgan fingerprint density at radius 3 is 2.63 bits per heavy atom. The van der Waals surface area contributed by atoms with E-state index in [1.807, 2.05) is 18.2 Å². The summed E-state index contributed by atoms with van der Waals surface area (Å²) in [5.41, 5.74) is 1.37. The molecule has 2 heterocycles. The van der Waals surface area contributed by atoms with Gasteiger partial charge in [-0.15, -0.1) is 0 Å². The van der Waals surface area contributed by atoms with Gasteiger partial charge in [0.1, 0.15) is 11.6 Å². The molecule has 2 atom stereocenters. The van der Waals surface area contributed by atoms with Gasteiger partial charge in [-0.2, -0.15) is 0 Å². The van der Waals surface area contributed by atoms with Crippen LogP contribution in [0, 0.1) is 11.7 Å². The fourth-order valence-electron chi connectivity index (χ4n) is 5.06. The van der Waals surface area contributed by atoms with Gasteiger partial charge in [-0.05, 0) is 49.4 Å². The summed E-state index contributed by atoms with van der Waals surface area (Å²) in [6.45, 7) is 5.59. The molecule has 0 N–H and O–H groups in total. The lowest BCUT2D eigenvalue weighted by Gasteiger charge is -2.44. The topological polar surface area (TPSA) is 51.9 Å². The molecule has 1 aromatic heterocycles. The van der Waals surface area contributed by atoms with Crippen molar-refractivity contribution in [2.45, 2.75) is 51.2 Å². The van der Waals surface area contributed by atoms with Crippen molar-refractivity contribution < 1.29 is 23.1 Å². The number of hydrogen-bond donors (Lipinski definition) is 0. The average molecular weight is 480 g/mol. The van der Waals surface area contributed by atoms with Crippen LogP contribution in [0.3, 0.4) is 0 Å². The van der Waals surface area contributed by atoms with Crippen LogP contribution in [0.1, 0.15) is 54.8 Å². The minimum atomic E-state index is -0.324. The Labute approximate surface area is 206 Å². The van der Waals surface area contributed by atoms with Gasteiger partial charge in [0.15, 0.2) is 5.76 Å². The standard InChI is InChI=1S/C29H34FNO4/c1-21(2)27-19-29(15-18-35-27,23-10-5-7-12-25(23)33-3)14-16-31(28(32)26-13-8-17-34-26)20-22-9-4-6-11-24(22)30/h4-13,17,21,27H,14-16,18-20H2,1-3H3/t27-,29-/m1/s1. The van der Waals surface area contributed by atoms with Crippen LogP contribution in [0.4, 0.5) is 4.39 Å². The van der Waals surface area contributed by atoms with E-state index in [2.05, 4.69) is 19.9 Å². The van der Waals surface area contributed by atoms with Crippen LogP contribution in [-0.4, -0.2) is 37.2 Å². The van der Waals surface area contributed by atoms with Gasteiger partial charge in [0.05, 0.1) is 19.5 Å². The Morgan fingerprint density at radius 2 is 1.91 bits per heavy atom. The van der Waals surface area contributed by atoms with Crippen molar-refractivity contribution in [2.75, 3.05) is 20.3 Å². The molecular weight excluding hydrogens is 445 g/mol. The number of carbonyl (C=O) groups excluding carboxylic acids is 1. The van der Waals surface area contributed by atoms with E-state index < -0.39 is 0 Å². The number of benzene rings is 2. The van der Waals surface area contributed by atoms with Gasteiger partial charge in [0, 0.05) is 36.2 Å². The smallest absolute Gasteiger partial charge is 0.289 e. The SMILES string of the molecule is COc1ccccc1[C@]1(CCN(Cc2ccccc2F)C(=O)c2ccco2)CCO[C@@H](C(C)C)C1. The van der Waals surface area contributed by atoms with E-state index in [4.69, 9.17) is 13.9 Å². The fourth-order valence-corrected chi connectivity index (χ4v) is 5.06. The normalized spacial score (nSPS) is 20.1. The molecule has 0 spiro atoms. The zero-order valence-corrected chi connectivity index (χ0v) is 20.7. The second kappa shape index (κ2) is 11.1. The lowest BCUT2D eigenvalue weighted by molar-refractivity contribution is -0.0488. The molecule has 1 aliphatic rings. The van der Waals surface area contributed by atoms with E-state index in [1.54, 1.807) is 42.3 Å². The second-order valence-corrected chi connectivity index (χ2v) is 9.63. The highest BCUT2D eigenvalue weighted by molar-refractivity contribution is 5.91. The summed E-state index contributed by atoms with van der Waals surface area (Å²) in [5.74, 6) is 0.884. The molecule has 1 saturated heterocycles. The highest BCUT2D eigenvalue weighted by Gasteiger charge is 2.41. The van der Waals surface area contributed by atoms with Crippen molar-refractivity contribution in [3.8, 4) is 5.75 Å². The number of halogens is 1. The molecule has 186 valence electrons. The highest BCUT2D eigenvalue weighted by Crippen LogP contribution is 2.45. The third-order valence-electron chi connectivity index (χ3n) is 7.12. The molecule has 0 aliphatic carbocycles. The molecule has 3 aromatic rings. The lowest BCUT2D eigenvalue weighted by atomic mass is 9.68. The van der Waals surface area contributed by atoms with Crippen molar-refractivity contribution >= 4 is 5.91 Å². The molecule has 35 heavy (non-hydrogen) atoms. The molecule has 6 heteroatoms. The van der Waals surface area contributed by atoms with Gasteiger partial charge >= 0.3 is 0 Å². The average Bonchev–Trinajstić information content (AvgIpc) is 3.42. The van der Waals surface area contributed by atoms with Crippen LogP contribution in [0.2, 0.25) is 0 Å². The highest BCUT2D eigenvalue weighted by atomic mass is 19.1. The van der Waals surface area contributed by atoms with Crippen molar-refractivity contribution in [1.82, 2.24) is 4.90 Å². The molecule has 5 nitrogen and oxygen atoms in total. The summed E-state index contributed by atoms with van der Waals surface area (Å²) in [5, 5.41) is 0. The van der Waals surface area contributed by atoms with E-state index in [1.165, 1.54) is 12.3 Å². The summed E-state index contributed by atoms with van der Waals surface area (Å²) < 4.78 is 31.8. The van der Waals surface area contributed by atoms with Crippen LogP contribution < -0.4 is 4.74 Å². The number of nitrogens with zero attached hydrogens (tertiary/aromatic N) is 1. The first-order valence-corrected chi connectivity index (χ1v) is 12.2. The molecular formula is C29H34FNO4. The Hall–Kier alpha value is -3.12. The van der Waals surface area contributed by atoms with Gasteiger partial charge in [0.25, 0.3) is 5.91 Å². The molecule has 1 fully saturated rings. The fraction of sp³-hybridized carbons (Fsp3) is 0.414. The minimum absolute atomic E-state index is 0.106. The summed E-state index contributed by atoms with van der Waals surface area (Å²) >= 11 is 0. The predicted molar refractivity (Wildman–Crippen MR) is 133 cm³/mol. The molecule has 2 aromatic carbocycles. The largest absolute Gasteiger partial charge is 0.496 e. The molecule has 1 amide bonds. The Kier molecular flexibility index (Phi) is 7.91. The van der Waals surface area contributed by atoms with Gasteiger partial charge in [0.2, 0.25) is 0 Å². The van der Waals surface area contributed by atoms with Crippen molar-refractivity contribution in [1.29, 1.82) is 0 Å². The van der Waals surface area contributed by atoms with E-state index in [0.29, 0.717) is 31.1 Å². The maximum Gasteiger partial charge on any atom is 0.289 e. The monoisotopic (exact) mass is 479 g/mol. The van der Waals surface area contributed by atoms with Gasteiger partial charge in [-0.25, -0.2) is 4.39 Å². The van der Waals surface area contributed by atoms with Crippen LogP contribution >= 0.6 is 0 Å². The van der Waals surface area contributed by atoms with E-state index in [0.717, 1.165) is 24.2 Å². The van der Waals surface area contributed by atoms with Crippen LogP contribution in [0.25, 0.3) is 0 Å². The van der Waals surface area contributed by atoms with Crippen LogP contribution in [-0.2, 0) is 16.7 Å². The molecule has 0 saturated carbocycles. The number of carbonyl (C=O) groups is 1. The van der Waals surface area contributed by atoms with Crippen LogP contribution in [0.15, 0.2) is 71.3 Å². The zero-order chi connectivity index (χ0) is 24.8. The molecule has 0 radical (unpaired) electrons. The van der Waals surface area contributed by atoms with Gasteiger partial charge < -0.3 is 18.8 Å². The van der Waals surface area contributed by atoms with E-state index in [-0.39, 0.29) is 35.5 Å². The van der Waals surface area contributed by atoms with E-state index >= 15 is 0 Å². The van der Waals surface area contributed by atoms with E-state index in [9.17, 15) is 9.18 Å². The Bertz CT molecular complexity index is 1110. The number of hydrogen-bond acceptors (Lipinski definition) is 4. The molecule has 0 unspecified atom stereocenters. The predicted octanol–water partition coefficient (Wildman–Crippen LogP) is 6.23. The number of furan rings is 1. The Balaban J connectivity index is 1.67. The molecule has 0 bridgehead atoms. The van der Waals surface area contributed by atoms with Crippen molar-refractivity contribution in [2.24, 2.45) is 5.92 Å². The lowest BCUT2D eigenvalue weighted by Crippen LogP contribution is -2.44. The maximum atomic E-state index is 14.5. The zero-order valence-electron chi connectivity index (χ0n) is 20.7. The summed E-state index contributed by atoms with van der Waals surface area (Å²) in [6, 6.07) is 18.0. The van der Waals surface area contributed by atoms with Crippen LogP contribution in [0.5, 0.6) is 5.75 Å².